The Morgan fingerprint density at radius 1 is 1.08 bits per heavy atom. The fourth-order valence-electron chi connectivity index (χ4n) is 3.32. The van der Waals surface area contributed by atoms with Crippen molar-refractivity contribution in [2.45, 2.75) is 48.2 Å². The fourth-order valence-corrected chi connectivity index (χ4v) is 3.98. The first-order chi connectivity index (χ1) is 11.3. The summed E-state index contributed by atoms with van der Waals surface area (Å²) in [6.07, 6.45) is 4.23. The van der Waals surface area contributed by atoms with Crippen LogP contribution in [0.25, 0.3) is 0 Å². The Morgan fingerprint density at radius 2 is 1.75 bits per heavy atom. The minimum absolute atomic E-state index is 0.0729. The molecule has 4 N–H and O–H groups in total. The van der Waals surface area contributed by atoms with E-state index < -0.39 is 11.2 Å². The zero-order valence-electron chi connectivity index (χ0n) is 12.9. The molecular weight excluding hydrogens is 339 g/mol. The molecule has 2 aliphatic rings. The maximum atomic E-state index is 12.9. The highest BCUT2D eigenvalue weighted by Gasteiger charge is 2.44. The second-order valence-corrected chi connectivity index (χ2v) is 6.94. The average molecular weight is 357 g/mol. The molecule has 1 aliphatic heterocycles. The number of rotatable bonds is 2. The van der Waals surface area contributed by atoms with Crippen LogP contribution in [0.5, 0.6) is 0 Å². The molecular formula is C15H18F3N5S. The number of halogens is 3. The van der Waals surface area contributed by atoms with Crippen molar-refractivity contribution >= 4 is 29.4 Å². The molecule has 1 aliphatic carbocycles. The van der Waals surface area contributed by atoms with Crippen molar-refractivity contribution < 1.29 is 13.2 Å². The molecule has 1 spiro atoms. The number of anilines is 1. The number of alkyl halides is 3. The van der Waals surface area contributed by atoms with Crippen LogP contribution in [-0.4, -0.2) is 23.1 Å². The summed E-state index contributed by atoms with van der Waals surface area (Å²) in [7, 11) is 0. The zero-order valence-corrected chi connectivity index (χ0v) is 13.7. The van der Waals surface area contributed by atoms with Crippen molar-refractivity contribution in [3.05, 3.63) is 24.3 Å². The molecule has 0 aromatic heterocycles. The normalized spacial score (nSPS) is 20.7. The molecule has 1 heterocycles. The summed E-state index contributed by atoms with van der Waals surface area (Å²) in [6, 6.07) is 6.30. The lowest BCUT2D eigenvalue weighted by Crippen LogP contribution is -2.58. The number of benzene rings is 1. The molecule has 130 valence electrons. The first kappa shape index (κ1) is 16.9. The molecule has 9 heteroatoms. The van der Waals surface area contributed by atoms with Crippen LogP contribution in [0.2, 0.25) is 0 Å². The predicted octanol–water partition coefficient (Wildman–Crippen LogP) is 3.41. The Labute approximate surface area is 142 Å². The van der Waals surface area contributed by atoms with Gasteiger partial charge in [0.25, 0.3) is 0 Å². The van der Waals surface area contributed by atoms with Crippen LogP contribution in [0.1, 0.15) is 32.1 Å². The van der Waals surface area contributed by atoms with E-state index in [2.05, 4.69) is 9.98 Å². The van der Waals surface area contributed by atoms with Gasteiger partial charge >= 0.3 is 5.51 Å². The Balaban J connectivity index is 2.08. The van der Waals surface area contributed by atoms with E-state index in [9.17, 15) is 13.2 Å². The van der Waals surface area contributed by atoms with Gasteiger partial charge in [-0.3, -0.25) is 4.90 Å². The SMILES string of the molecule is NC1=NC2(CCCCC2)N(c2ccccc2SC(F)(F)F)C(N)=N1. The van der Waals surface area contributed by atoms with Crippen molar-refractivity contribution in [1.82, 2.24) is 0 Å². The molecule has 0 saturated heterocycles. The highest BCUT2D eigenvalue weighted by atomic mass is 32.2. The van der Waals surface area contributed by atoms with Gasteiger partial charge in [0.2, 0.25) is 11.9 Å². The van der Waals surface area contributed by atoms with E-state index in [0.29, 0.717) is 18.5 Å². The molecule has 24 heavy (non-hydrogen) atoms. The Hall–Kier alpha value is -1.90. The minimum atomic E-state index is -4.39. The summed E-state index contributed by atoms with van der Waals surface area (Å²) in [4.78, 5) is 10.2. The summed E-state index contributed by atoms with van der Waals surface area (Å²) in [6.45, 7) is 0. The minimum Gasteiger partial charge on any atom is -0.369 e. The first-order valence-corrected chi connectivity index (χ1v) is 8.47. The van der Waals surface area contributed by atoms with Gasteiger partial charge in [0, 0.05) is 4.90 Å². The van der Waals surface area contributed by atoms with Gasteiger partial charge in [0.15, 0.2) is 0 Å². The smallest absolute Gasteiger partial charge is 0.369 e. The molecule has 0 amide bonds. The van der Waals surface area contributed by atoms with Crippen molar-refractivity contribution in [3.8, 4) is 0 Å². The maximum Gasteiger partial charge on any atom is 0.446 e. The number of aliphatic imine (C=N–C) groups is 2. The number of para-hydroxylation sites is 1. The van der Waals surface area contributed by atoms with Gasteiger partial charge in [0.1, 0.15) is 5.66 Å². The molecule has 0 unspecified atom stereocenters. The third kappa shape index (κ3) is 3.31. The second-order valence-electron chi connectivity index (χ2n) is 5.83. The highest BCUT2D eigenvalue weighted by molar-refractivity contribution is 8.00. The van der Waals surface area contributed by atoms with Gasteiger partial charge in [-0.15, -0.1) is 0 Å². The quantitative estimate of drug-likeness (QED) is 0.795. The van der Waals surface area contributed by atoms with Crippen LogP contribution in [-0.2, 0) is 0 Å². The molecule has 1 saturated carbocycles. The molecule has 3 rings (SSSR count). The second kappa shape index (κ2) is 6.19. The highest BCUT2D eigenvalue weighted by Crippen LogP contribution is 2.46. The van der Waals surface area contributed by atoms with Crippen LogP contribution in [0.15, 0.2) is 39.1 Å². The summed E-state index contributed by atoms with van der Waals surface area (Å²) < 4.78 is 38.8. The van der Waals surface area contributed by atoms with Crippen LogP contribution in [0.3, 0.4) is 0 Å². The molecule has 0 bridgehead atoms. The fraction of sp³-hybridized carbons (Fsp3) is 0.467. The lowest BCUT2D eigenvalue weighted by Gasteiger charge is -2.46. The summed E-state index contributed by atoms with van der Waals surface area (Å²) in [5.74, 6) is 0.159. The van der Waals surface area contributed by atoms with Gasteiger partial charge in [-0.05, 0) is 49.6 Å². The summed E-state index contributed by atoms with van der Waals surface area (Å²) in [5, 5.41) is 0. The number of thioether (sulfide) groups is 1. The number of guanidine groups is 2. The van der Waals surface area contributed by atoms with Crippen molar-refractivity contribution in [1.29, 1.82) is 0 Å². The summed E-state index contributed by atoms with van der Waals surface area (Å²) in [5.41, 5.74) is 7.06. The molecule has 1 fully saturated rings. The van der Waals surface area contributed by atoms with E-state index in [-0.39, 0.29) is 28.6 Å². The number of hydrogen-bond acceptors (Lipinski definition) is 6. The van der Waals surface area contributed by atoms with E-state index in [4.69, 9.17) is 11.5 Å². The van der Waals surface area contributed by atoms with Crippen LogP contribution < -0.4 is 16.4 Å². The third-order valence-electron chi connectivity index (χ3n) is 4.18. The van der Waals surface area contributed by atoms with Gasteiger partial charge in [0.05, 0.1) is 5.69 Å². The van der Waals surface area contributed by atoms with Gasteiger partial charge in [-0.2, -0.15) is 18.2 Å². The number of nitrogens with two attached hydrogens (primary N) is 2. The van der Waals surface area contributed by atoms with Crippen molar-refractivity contribution in [3.63, 3.8) is 0 Å². The van der Waals surface area contributed by atoms with E-state index in [0.717, 1.165) is 19.3 Å². The standard InChI is InChI=1S/C15H18F3N5S/c16-15(17,18)24-11-7-3-2-6-10(11)23-13(20)21-12(19)22-14(23)8-4-1-5-9-14/h2-3,6-7H,1,4-5,8-9H2,(H4,19,20,21,22). The topological polar surface area (TPSA) is 80.0 Å². The maximum absolute atomic E-state index is 12.9. The predicted molar refractivity (Wildman–Crippen MR) is 89.9 cm³/mol. The third-order valence-corrected chi connectivity index (χ3v) is 4.98. The summed E-state index contributed by atoms with van der Waals surface area (Å²) >= 11 is -0.161. The van der Waals surface area contributed by atoms with Crippen LogP contribution in [0.4, 0.5) is 18.9 Å². The molecule has 1 aromatic rings. The number of nitrogens with zero attached hydrogens (tertiary/aromatic N) is 3. The largest absolute Gasteiger partial charge is 0.446 e. The van der Waals surface area contributed by atoms with E-state index in [1.54, 1.807) is 23.1 Å². The monoisotopic (exact) mass is 357 g/mol. The molecule has 5 nitrogen and oxygen atoms in total. The average Bonchev–Trinajstić information content (AvgIpc) is 2.47. The Morgan fingerprint density at radius 3 is 2.42 bits per heavy atom. The van der Waals surface area contributed by atoms with Crippen molar-refractivity contribution in [2.75, 3.05) is 4.90 Å². The Bertz CT molecular complexity index is 680. The van der Waals surface area contributed by atoms with E-state index >= 15 is 0 Å². The van der Waals surface area contributed by atoms with E-state index in [1.165, 1.54) is 6.07 Å². The molecule has 1 aromatic carbocycles. The lowest BCUT2D eigenvalue weighted by molar-refractivity contribution is -0.0328. The lowest BCUT2D eigenvalue weighted by atomic mass is 9.87. The van der Waals surface area contributed by atoms with E-state index in [1.807, 2.05) is 0 Å². The molecule has 0 atom stereocenters. The molecule has 0 radical (unpaired) electrons. The van der Waals surface area contributed by atoms with Gasteiger partial charge < -0.3 is 11.5 Å². The Kier molecular flexibility index (Phi) is 4.37. The zero-order chi connectivity index (χ0) is 17.4. The van der Waals surface area contributed by atoms with Crippen molar-refractivity contribution in [2.24, 2.45) is 21.5 Å². The van der Waals surface area contributed by atoms with Gasteiger partial charge in [-0.25, -0.2) is 4.99 Å². The van der Waals surface area contributed by atoms with Gasteiger partial charge in [-0.1, -0.05) is 18.6 Å². The van der Waals surface area contributed by atoms with Crippen LogP contribution >= 0.6 is 11.8 Å². The van der Waals surface area contributed by atoms with Crippen LogP contribution in [0, 0.1) is 0 Å². The first-order valence-electron chi connectivity index (χ1n) is 7.65. The number of hydrogen-bond donors (Lipinski definition) is 2.